The van der Waals surface area contributed by atoms with E-state index in [-0.39, 0.29) is 0 Å². The lowest BCUT2D eigenvalue weighted by Gasteiger charge is -2.34. The van der Waals surface area contributed by atoms with Gasteiger partial charge in [0.05, 0.1) is 10.7 Å². The average molecular weight is 325 g/mol. The van der Waals surface area contributed by atoms with Crippen LogP contribution < -0.4 is 9.64 Å². The molecule has 0 aromatic heterocycles. The molecule has 1 aliphatic rings. The number of benzene rings is 1. The van der Waals surface area contributed by atoms with Crippen molar-refractivity contribution < 1.29 is 19.4 Å². The minimum atomic E-state index is -1.20. The van der Waals surface area contributed by atoms with Crippen molar-refractivity contribution in [2.75, 3.05) is 38.1 Å². The van der Waals surface area contributed by atoms with Crippen molar-refractivity contribution in [1.82, 2.24) is 4.90 Å². The van der Waals surface area contributed by atoms with Gasteiger partial charge in [0.15, 0.2) is 0 Å². The summed E-state index contributed by atoms with van der Waals surface area (Å²) in [5, 5.41) is 9.07. The number of esters is 1. The van der Waals surface area contributed by atoms with Gasteiger partial charge in [-0.1, -0.05) is 11.6 Å². The Labute approximate surface area is 133 Å². The van der Waals surface area contributed by atoms with Crippen LogP contribution in [0.4, 0.5) is 5.69 Å². The molecule has 1 saturated heterocycles. The van der Waals surface area contributed by atoms with Crippen LogP contribution in [0.15, 0.2) is 30.4 Å². The van der Waals surface area contributed by atoms with Crippen molar-refractivity contribution in [2.45, 2.75) is 0 Å². The second-order valence-electron chi connectivity index (χ2n) is 5.00. The minimum absolute atomic E-state index is 0.332. The van der Waals surface area contributed by atoms with Gasteiger partial charge in [0, 0.05) is 44.4 Å². The molecule has 0 radical (unpaired) electrons. The van der Waals surface area contributed by atoms with Crippen LogP contribution in [0.5, 0.6) is 5.75 Å². The molecule has 0 spiro atoms. The van der Waals surface area contributed by atoms with E-state index in [2.05, 4.69) is 16.8 Å². The predicted molar refractivity (Wildman–Crippen MR) is 83.6 cm³/mol. The van der Waals surface area contributed by atoms with Crippen LogP contribution in [-0.2, 0) is 9.59 Å². The predicted octanol–water partition coefficient (Wildman–Crippen LogP) is 1.64. The number of hydrogen-bond acceptors (Lipinski definition) is 5. The monoisotopic (exact) mass is 324 g/mol. The molecule has 0 saturated carbocycles. The van der Waals surface area contributed by atoms with Gasteiger partial charge in [-0.2, -0.15) is 0 Å². The zero-order valence-electron chi connectivity index (χ0n) is 12.2. The molecule has 7 heteroatoms. The van der Waals surface area contributed by atoms with Gasteiger partial charge in [-0.15, -0.1) is 0 Å². The van der Waals surface area contributed by atoms with Crippen LogP contribution in [0.1, 0.15) is 0 Å². The van der Waals surface area contributed by atoms with Crippen LogP contribution in [0, 0.1) is 0 Å². The van der Waals surface area contributed by atoms with E-state index in [0.717, 1.165) is 44.0 Å². The first-order valence-electron chi connectivity index (χ1n) is 6.81. The van der Waals surface area contributed by atoms with Crippen molar-refractivity contribution in [3.8, 4) is 5.75 Å². The first-order valence-corrected chi connectivity index (χ1v) is 7.19. The Morgan fingerprint density at radius 2 is 1.91 bits per heavy atom. The molecule has 0 bridgehead atoms. The van der Waals surface area contributed by atoms with Crippen LogP contribution in [0.25, 0.3) is 0 Å². The minimum Gasteiger partial charge on any atom is -0.478 e. The normalized spacial score (nSPS) is 16.0. The summed E-state index contributed by atoms with van der Waals surface area (Å²) in [5.74, 6) is -1.61. The van der Waals surface area contributed by atoms with Gasteiger partial charge >= 0.3 is 11.9 Å². The fourth-order valence-corrected chi connectivity index (χ4v) is 2.37. The molecule has 0 atom stereocenters. The lowest BCUT2D eigenvalue weighted by atomic mass is 10.2. The number of hydrogen-bond donors (Lipinski definition) is 1. The van der Waals surface area contributed by atoms with Gasteiger partial charge in [0.25, 0.3) is 0 Å². The molecule has 2 rings (SSSR count). The fourth-order valence-electron chi connectivity index (χ4n) is 2.14. The molecule has 1 aromatic rings. The van der Waals surface area contributed by atoms with Crippen LogP contribution in [0.3, 0.4) is 0 Å². The summed E-state index contributed by atoms with van der Waals surface area (Å²) in [6.45, 7) is 3.54. The number of aliphatic carboxylic acids is 1. The Morgan fingerprint density at radius 3 is 2.55 bits per heavy atom. The van der Waals surface area contributed by atoms with E-state index in [1.54, 1.807) is 18.2 Å². The summed E-state index contributed by atoms with van der Waals surface area (Å²) in [4.78, 5) is 26.2. The highest BCUT2D eigenvalue weighted by Crippen LogP contribution is 2.30. The average Bonchev–Trinajstić information content (AvgIpc) is 2.48. The molecule has 0 amide bonds. The maximum absolute atomic E-state index is 11.5. The molecule has 1 N–H and O–H groups in total. The molecule has 1 fully saturated rings. The lowest BCUT2D eigenvalue weighted by Crippen LogP contribution is -2.44. The standard InChI is InChI=1S/C15H17ClN2O4/c1-17-6-8-18(9-7-17)13-10-11(2-3-12(13)16)22-15(21)5-4-14(19)20/h2-5,10H,6-9H2,1H3,(H,19,20)/b5-4+. The summed E-state index contributed by atoms with van der Waals surface area (Å²) in [5.41, 5.74) is 0.808. The smallest absolute Gasteiger partial charge is 0.336 e. The number of carbonyl (C=O) groups is 2. The second kappa shape index (κ2) is 7.29. The van der Waals surface area contributed by atoms with E-state index in [9.17, 15) is 9.59 Å². The molecule has 1 heterocycles. The number of nitrogens with zero attached hydrogens (tertiary/aromatic N) is 2. The maximum Gasteiger partial charge on any atom is 0.336 e. The van der Waals surface area contributed by atoms with Gasteiger partial charge in [-0.3, -0.25) is 0 Å². The zero-order chi connectivity index (χ0) is 16.1. The van der Waals surface area contributed by atoms with E-state index < -0.39 is 11.9 Å². The number of carbonyl (C=O) groups excluding carboxylic acids is 1. The van der Waals surface area contributed by atoms with E-state index in [1.165, 1.54) is 0 Å². The SMILES string of the molecule is CN1CCN(c2cc(OC(=O)/C=C/C(=O)O)ccc2Cl)CC1. The Bertz CT molecular complexity index is 595. The number of ether oxygens (including phenoxy) is 1. The Hall–Kier alpha value is -2.05. The number of rotatable bonds is 4. The van der Waals surface area contributed by atoms with Crippen LogP contribution >= 0.6 is 11.6 Å². The van der Waals surface area contributed by atoms with Crippen LogP contribution in [-0.4, -0.2) is 55.2 Å². The van der Waals surface area contributed by atoms with E-state index in [0.29, 0.717) is 10.8 Å². The first-order chi connectivity index (χ1) is 10.5. The molecule has 0 aliphatic carbocycles. The van der Waals surface area contributed by atoms with Crippen molar-refractivity contribution in [3.63, 3.8) is 0 Å². The molecular formula is C15H17ClN2O4. The van der Waals surface area contributed by atoms with Crippen molar-refractivity contribution >= 4 is 29.2 Å². The molecule has 6 nitrogen and oxygen atoms in total. The molecular weight excluding hydrogens is 308 g/mol. The number of anilines is 1. The number of halogens is 1. The van der Waals surface area contributed by atoms with Gasteiger partial charge in [-0.25, -0.2) is 9.59 Å². The third-order valence-corrected chi connectivity index (χ3v) is 3.66. The number of carboxylic acids is 1. The number of likely N-dealkylation sites (N-methyl/N-ethyl adjacent to an activating group) is 1. The fraction of sp³-hybridized carbons (Fsp3) is 0.333. The third-order valence-electron chi connectivity index (χ3n) is 3.34. The van der Waals surface area contributed by atoms with Gasteiger partial charge in [0.1, 0.15) is 5.75 Å². The highest BCUT2D eigenvalue weighted by molar-refractivity contribution is 6.33. The van der Waals surface area contributed by atoms with E-state index >= 15 is 0 Å². The second-order valence-corrected chi connectivity index (χ2v) is 5.40. The third kappa shape index (κ3) is 4.47. The highest BCUT2D eigenvalue weighted by atomic mass is 35.5. The highest BCUT2D eigenvalue weighted by Gasteiger charge is 2.17. The van der Waals surface area contributed by atoms with Gasteiger partial charge < -0.3 is 19.6 Å². The molecule has 22 heavy (non-hydrogen) atoms. The first kappa shape index (κ1) is 16.3. The van der Waals surface area contributed by atoms with Gasteiger partial charge in [0.2, 0.25) is 0 Å². The van der Waals surface area contributed by atoms with E-state index in [1.807, 2.05) is 0 Å². The zero-order valence-corrected chi connectivity index (χ0v) is 12.9. The summed E-state index contributed by atoms with van der Waals surface area (Å²) in [6, 6.07) is 4.94. The largest absolute Gasteiger partial charge is 0.478 e. The topological polar surface area (TPSA) is 70.1 Å². The van der Waals surface area contributed by atoms with Crippen LogP contribution in [0.2, 0.25) is 5.02 Å². The quantitative estimate of drug-likeness (QED) is 0.516. The maximum atomic E-state index is 11.5. The molecule has 0 unspecified atom stereocenters. The summed E-state index contributed by atoms with van der Waals surface area (Å²) in [7, 11) is 2.06. The molecule has 1 aliphatic heterocycles. The molecule has 118 valence electrons. The molecule has 1 aromatic carbocycles. The Kier molecular flexibility index (Phi) is 5.41. The van der Waals surface area contributed by atoms with Crippen molar-refractivity contribution in [2.24, 2.45) is 0 Å². The summed E-state index contributed by atoms with van der Waals surface area (Å²) < 4.78 is 5.09. The van der Waals surface area contributed by atoms with Crippen molar-refractivity contribution in [1.29, 1.82) is 0 Å². The Morgan fingerprint density at radius 1 is 1.23 bits per heavy atom. The Balaban J connectivity index is 2.09. The summed E-state index contributed by atoms with van der Waals surface area (Å²) >= 11 is 6.22. The number of piperazine rings is 1. The lowest BCUT2D eigenvalue weighted by molar-refractivity contribution is -0.133. The van der Waals surface area contributed by atoms with Crippen molar-refractivity contribution in [3.05, 3.63) is 35.4 Å². The summed E-state index contributed by atoms with van der Waals surface area (Å²) in [6.07, 6.45) is 1.60. The number of carboxylic acid groups (broad SMARTS) is 1. The van der Waals surface area contributed by atoms with Gasteiger partial charge in [-0.05, 0) is 19.2 Å². The van der Waals surface area contributed by atoms with E-state index in [4.69, 9.17) is 21.4 Å².